The quantitative estimate of drug-likeness (QED) is 0.871. The third kappa shape index (κ3) is 2.96. The lowest BCUT2D eigenvalue weighted by Crippen LogP contribution is -2.00. The lowest BCUT2D eigenvalue weighted by molar-refractivity contribution is 0.911. The lowest BCUT2D eigenvalue weighted by atomic mass is 10.1. The van der Waals surface area contributed by atoms with E-state index in [2.05, 4.69) is 33.5 Å². The van der Waals surface area contributed by atoms with Crippen LogP contribution < -0.4 is 5.32 Å². The maximum atomic E-state index is 4.50. The van der Waals surface area contributed by atoms with Crippen LogP contribution in [0.3, 0.4) is 0 Å². The van der Waals surface area contributed by atoms with Crippen molar-refractivity contribution in [1.82, 2.24) is 9.97 Å². The molecule has 1 aliphatic carbocycles. The maximum Gasteiger partial charge on any atom is 0.141 e. The first-order valence-corrected chi connectivity index (χ1v) is 8.00. The Labute approximate surface area is 124 Å². The Morgan fingerprint density at radius 3 is 2.85 bits per heavy atom. The fourth-order valence-electron chi connectivity index (χ4n) is 2.61. The van der Waals surface area contributed by atoms with Gasteiger partial charge in [0.1, 0.15) is 11.6 Å². The fourth-order valence-corrected chi connectivity index (χ4v) is 3.42. The van der Waals surface area contributed by atoms with Gasteiger partial charge >= 0.3 is 0 Å². The third-order valence-electron chi connectivity index (χ3n) is 3.59. The van der Waals surface area contributed by atoms with E-state index in [-0.39, 0.29) is 0 Å². The van der Waals surface area contributed by atoms with Crippen LogP contribution in [0.5, 0.6) is 0 Å². The second kappa shape index (κ2) is 5.83. The second-order valence-corrected chi connectivity index (χ2v) is 6.18. The topological polar surface area (TPSA) is 37.8 Å². The number of thioether (sulfide) groups is 1. The number of hydrogen-bond acceptors (Lipinski definition) is 4. The van der Waals surface area contributed by atoms with E-state index in [4.69, 9.17) is 0 Å². The van der Waals surface area contributed by atoms with Crippen molar-refractivity contribution in [3.8, 4) is 0 Å². The summed E-state index contributed by atoms with van der Waals surface area (Å²) >= 11 is 1.81. The summed E-state index contributed by atoms with van der Waals surface area (Å²) in [5.41, 5.74) is 4.06. The number of benzene rings is 1. The van der Waals surface area contributed by atoms with Gasteiger partial charge in [-0.15, -0.1) is 11.8 Å². The van der Waals surface area contributed by atoms with Gasteiger partial charge in [0.05, 0.1) is 5.75 Å². The molecule has 1 N–H and O–H groups in total. The lowest BCUT2D eigenvalue weighted by Gasteiger charge is -2.07. The van der Waals surface area contributed by atoms with Crippen LogP contribution in [0.4, 0.5) is 5.82 Å². The molecule has 1 aromatic carbocycles. The van der Waals surface area contributed by atoms with Crippen LogP contribution in [0.1, 0.15) is 29.1 Å². The number of fused-ring (bicyclic) bond motifs is 1. The SMILES string of the molecule is CNc1cc(C)nc(CSc2ccc3c(c2)CCC3)n1. The largest absolute Gasteiger partial charge is 0.373 e. The highest BCUT2D eigenvalue weighted by Crippen LogP contribution is 2.29. The zero-order valence-electron chi connectivity index (χ0n) is 11.9. The zero-order chi connectivity index (χ0) is 13.9. The maximum absolute atomic E-state index is 4.50. The molecule has 20 heavy (non-hydrogen) atoms. The van der Waals surface area contributed by atoms with E-state index in [1.165, 1.54) is 35.3 Å². The Balaban J connectivity index is 1.71. The molecule has 1 aliphatic rings. The monoisotopic (exact) mass is 285 g/mol. The van der Waals surface area contributed by atoms with E-state index in [1.54, 1.807) is 0 Å². The summed E-state index contributed by atoms with van der Waals surface area (Å²) in [6.45, 7) is 2.01. The first kappa shape index (κ1) is 13.4. The summed E-state index contributed by atoms with van der Waals surface area (Å²) in [5, 5.41) is 3.08. The minimum absolute atomic E-state index is 0.815. The van der Waals surface area contributed by atoms with Gasteiger partial charge in [0.15, 0.2) is 0 Å². The first-order chi connectivity index (χ1) is 9.74. The van der Waals surface area contributed by atoms with Crippen LogP contribution >= 0.6 is 11.8 Å². The summed E-state index contributed by atoms with van der Waals surface area (Å²) < 4.78 is 0. The van der Waals surface area contributed by atoms with Crippen LogP contribution in [0.2, 0.25) is 0 Å². The first-order valence-electron chi connectivity index (χ1n) is 7.01. The van der Waals surface area contributed by atoms with Crippen molar-refractivity contribution in [3.05, 3.63) is 46.9 Å². The Bertz CT molecular complexity index is 625. The van der Waals surface area contributed by atoms with Gasteiger partial charge in [-0.05, 0) is 49.4 Å². The van der Waals surface area contributed by atoms with E-state index in [0.29, 0.717) is 0 Å². The number of aryl methyl sites for hydroxylation is 3. The summed E-state index contributed by atoms with van der Waals surface area (Å²) in [4.78, 5) is 10.3. The Kier molecular flexibility index (Phi) is 3.92. The minimum Gasteiger partial charge on any atom is -0.373 e. The van der Waals surface area contributed by atoms with Gasteiger partial charge in [-0.2, -0.15) is 0 Å². The molecule has 1 heterocycles. The van der Waals surface area contributed by atoms with Gasteiger partial charge in [-0.1, -0.05) is 6.07 Å². The molecule has 3 nitrogen and oxygen atoms in total. The fraction of sp³-hybridized carbons (Fsp3) is 0.375. The molecule has 0 bridgehead atoms. The molecule has 104 valence electrons. The molecule has 0 saturated heterocycles. The van der Waals surface area contributed by atoms with Crippen molar-refractivity contribution >= 4 is 17.6 Å². The van der Waals surface area contributed by atoms with Crippen LogP contribution in [0.15, 0.2) is 29.2 Å². The van der Waals surface area contributed by atoms with Crippen molar-refractivity contribution in [3.63, 3.8) is 0 Å². The molecule has 0 fully saturated rings. The molecule has 0 spiro atoms. The van der Waals surface area contributed by atoms with Gasteiger partial charge in [0.2, 0.25) is 0 Å². The average molecular weight is 285 g/mol. The molecular weight excluding hydrogens is 266 g/mol. The molecule has 4 heteroatoms. The van der Waals surface area contributed by atoms with Crippen LogP contribution in [0.25, 0.3) is 0 Å². The standard InChI is InChI=1S/C16H19N3S/c1-11-8-15(17-2)19-16(18-11)10-20-14-7-6-12-4-3-5-13(12)9-14/h6-9H,3-5,10H2,1-2H3,(H,17,18,19). The summed E-state index contributed by atoms with van der Waals surface area (Å²) in [5.74, 6) is 2.59. The summed E-state index contributed by atoms with van der Waals surface area (Å²) in [7, 11) is 1.89. The zero-order valence-corrected chi connectivity index (χ0v) is 12.8. The third-order valence-corrected chi connectivity index (χ3v) is 4.58. The van der Waals surface area contributed by atoms with Gasteiger partial charge in [-0.25, -0.2) is 9.97 Å². The van der Waals surface area contributed by atoms with Crippen molar-refractivity contribution in [2.45, 2.75) is 36.8 Å². The predicted octanol–water partition coefficient (Wildman–Crippen LogP) is 3.61. The molecule has 0 saturated carbocycles. The predicted molar refractivity (Wildman–Crippen MR) is 84.3 cm³/mol. The number of nitrogens with zero attached hydrogens (tertiary/aromatic N) is 2. The molecule has 0 atom stereocenters. The molecule has 3 rings (SSSR count). The highest BCUT2D eigenvalue weighted by atomic mass is 32.2. The molecule has 0 aliphatic heterocycles. The van der Waals surface area contributed by atoms with Crippen molar-refractivity contribution in [2.24, 2.45) is 0 Å². The van der Waals surface area contributed by atoms with E-state index >= 15 is 0 Å². The molecule has 0 unspecified atom stereocenters. The minimum atomic E-state index is 0.815. The number of rotatable bonds is 4. The number of hydrogen-bond donors (Lipinski definition) is 1. The number of nitrogens with one attached hydrogen (secondary N) is 1. The highest BCUT2D eigenvalue weighted by Gasteiger charge is 2.11. The number of aromatic nitrogens is 2. The van der Waals surface area contributed by atoms with Crippen LogP contribution in [-0.4, -0.2) is 17.0 Å². The Hall–Kier alpha value is -1.55. The van der Waals surface area contributed by atoms with Crippen molar-refractivity contribution < 1.29 is 0 Å². The summed E-state index contributed by atoms with van der Waals surface area (Å²) in [6.07, 6.45) is 3.78. The van der Waals surface area contributed by atoms with Crippen molar-refractivity contribution in [1.29, 1.82) is 0 Å². The molecule has 0 amide bonds. The number of anilines is 1. The van der Waals surface area contributed by atoms with E-state index in [1.807, 2.05) is 31.8 Å². The normalized spacial score (nSPS) is 13.3. The van der Waals surface area contributed by atoms with E-state index < -0.39 is 0 Å². The molecule has 1 aromatic heterocycles. The highest BCUT2D eigenvalue weighted by molar-refractivity contribution is 7.98. The van der Waals surface area contributed by atoms with E-state index in [0.717, 1.165) is 23.1 Å². The van der Waals surface area contributed by atoms with Crippen molar-refractivity contribution in [2.75, 3.05) is 12.4 Å². The molecular formula is C16H19N3S. The van der Waals surface area contributed by atoms with Gasteiger partial charge in [-0.3, -0.25) is 0 Å². The van der Waals surface area contributed by atoms with Crippen LogP contribution in [-0.2, 0) is 18.6 Å². The molecule has 2 aromatic rings. The molecule has 0 radical (unpaired) electrons. The smallest absolute Gasteiger partial charge is 0.141 e. The van der Waals surface area contributed by atoms with E-state index in [9.17, 15) is 0 Å². The van der Waals surface area contributed by atoms with Crippen LogP contribution in [0, 0.1) is 6.92 Å². The van der Waals surface area contributed by atoms with Gasteiger partial charge < -0.3 is 5.32 Å². The Morgan fingerprint density at radius 1 is 1.15 bits per heavy atom. The van der Waals surface area contributed by atoms with Gasteiger partial charge in [0.25, 0.3) is 0 Å². The van der Waals surface area contributed by atoms with Gasteiger partial charge in [0, 0.05) is 23.7 Å². The average Bonchev–Trinajstić information content (AvgIpc) is 2.92. The second-order valence-electron chi connectivity index (χ2n) is 5.13. The Morgan fingerprint density at radius 2 is 2.00 bits per heavy atom. The summed E-state index contributed by atoms with van der Waals surface area (Å²) in [6, 6.07) is 8.80.